The smallest absolute Gasteiger partial charge is 0.252 e. The predicted molar refractivity (Wildman–Crippen MR) is 131 cm³/mol. The number of aromatic nitrogens is 4. The molecule has 0 aliphatic carbocycles. The monoisotopic (exact) mass is 453 g/mol. The summed E-state index contributed by atoms with van der Waals surface area (Å²) in [6, 6.07) is 20.2. The van der Waals surface area contributed by atoms with Gasteiger partial charge in [-0.1, -0.05) is 42.5 Å². The lowest BCUT2D eigenvalue weighted by molar-refractivity contribution is -0.116. The van der Waals surface area contributed by atoms with E-state index in [0.29, 0.717) is 24.8 Å². The maximum atomic E-state index is 12.7. The van der Waals surface area contributed by atoms with Crippen molar-refractivity contribution in [3.63, 3.8) is 0 Å². The van der Waals surface area contributed by atoms with E-state index in [0.717, 1.165) is 40.4 Å². The Kier molecular flexibility index (Phi) is 5.84. The number of ether oxygens (including phenoxy) is 1. The van der Waals surface area contributed by atoms with Crippen molar-refractivity contribution in [1.82, 2.24) is 19.7 Å². The number of hydrogen-bond donors (Lipinski definition) is 1. The molecule has 2 aromatic carbocycles. The van der Waals surface area contributed by atoms with E-state index in [4.69, 9.17) is 9.84 Å². The van der Waals surface area contributed by atoms with Crippen LogP contribution in [0, 0.1) is 20.8 Å². The fourth-order valence-electron chi connectivity index (χ4n) is 4.51. The molecule has 172 valence electrons. The average Bonchev–Trinajstić information content (AvgIpc) is 3.15. The molecule has 1 aliphatic rings. The van der Waals surface area contributed by atoms with Crippen LogP contribution in [0.25, 0.3) is 5.95 Å². The van der Waals surface area contributed by atoms with Gasteiger partial charge in [0.2, 0.25) is 5.91 Å². The number of nitrogens with one attached hydrogen (secondary N) is 1. The summed E-state index contributed by atoms with van der Waals surface area (Å²) in [5.74, 6) is 1.78. The molecule has 0 saturated carbocycles. The molecule has 0 unspecified atom stereocenters. The summed E-state index contributed by atoms with van der Waals surface area (Å²) >= 11 is 0. The van der Waals surface area contributed by atoms with Gasteiger partial charge in [0.05, 0.1) is 12.3 Å². The first-order chi connectivity index (χ1) is 16.5. The Hall–Kier alpha value is -4.00. The third kappa shape index (κ3) is 4.41. The quantitative estimate of drug-likeness (QED) is 0.458. The molecule has 0 fully saturated rings. The minimum atomic E-state index is -0.0956. The van der Waals surface area contributed by atoms with Gasteiger partial charge in [0, 0.05) is 35.7 Å². The maximum Gasteiger partial charge on any atom is 0.252 e. The molecule has 0 radical (unpaired) electrons. The number of rotatable bonds is 6. The van der Waals surface area contributed by atoms with Crippen LogP contribution in [0.1, 0.15) is 46.1 Å². The summed E-state index contributed by atoms with van der Waals surface area (Å²) in [6.07, 6.45) is 1.22. The Morgan fingerprint density at radius 2 is 1.71 bits per heavy atom. The lowest BCUT2D eigenvalue weighted by Gasteiger charge is -2.24. The predicted octanol–water partition coefficient (Wildman–Crippen LogP) is 4.68. The van der Waals surface area contributed by atoms with Crippen LogP contribution in [0.4, 0.5) is 5.82 Å². The Morgan fingerprint density at radius 1 is 1.00 bits per heavy atom. The lowest BCUT2D eigenvalue weighted by atomic mass is 9.86. The molecule has 0 spiro atoms. The molecule has 7 nitrogen and oxygen atoms in total. The van der Waals surface area contributed by atoms with Gasteiger partial charge in [0.15, 0.2) is 0 Å². The third-order valence-corrected chi connectivity index (χ3v) is 6.05. The van der Waals surface area contributed by atoms with Crippen LogP contribution in [-0.4, -0.2) is 32.3 Å². The molecule has 0 saturated heterocycles. The first-order valence-electron chi connectivity index (χ1n) is 11.5. The van der Waals surface area contributed by atoms with E-state index in [2.05, 4.69) is 27.4 Å². The summed E-state index contributed by atoms with van der Waals surface area (Å²) in [6.45, 7) is 6.42. The van der Waals surface area contributed by atoms with E-state index >= 15 is 0 Å². The number of fused-ring (bicyclic) bond motifs is 1. The highest BCUT2D eigenvalue weighted by atomic mass is 16.5. The Bertz CT molecular complexity index is 1310. The van der Waals surface area contributed by atoms with Crippen LogP contribution in [0.2, 0.25) is 0 Å². The van der Waals surface area contributed by atoms with Gasteiger partial charge in [-0.15, -0.1) is 0 Å². The zero-order valence-corrected chi connectivity index (χ0v) is 19.6. The van der Waals surface area contributed by atoms with Gasteiger partial charge in [-0.05, 0) is 50.1 Å². The van der Waals surface area contributed by atoms with Crippen molar-refractivity contribution in [3.8, 4) is 11.7 Å². The van der Waals surface area contributed by atoms with E-state index in [1.54, 1.807) is 4.68 Å². The number of carbonyl (C=O) groups is 1. The number of hydrogen-bond acceptors (Lipinski definition) is 5. The second-order valence-corrected chi connectivity index (χ2v) is 8.67. The summed E-state index contributed by atoms with van der Waals surface area (Å²) in [5.41, 5.74) is 5.86. The van der Waals surface area contributed by atoms with E-state index in [9.17, 15) is 4.79 Å². The zero-order valence-electron chi connectivity index (χ0n) is 19.6. The van der Waals surface area contributed by atoms with E-state index in [-0.39, 0.29) is 11.8 Å². The van der Waals surface area contributed by atoms with Gasteiger partial charge in [0.25, 0.3) is 5.95 Å². The number of amides is 1. The summed E-state index contributed by atoms with van der Waals surface area (Å²) in [5, 5.41) is 7.69. The van der Waals surface area contributed by atoms with E-state index in [1.807, 2.05) is 69.3 Å². The number of benzene rings is 2. The fourth-order valence-corrected chi connectivity index (χ4v) is 4.51. The number of nitrogens with zero attached hydrogens (tertiary/aromatic N) is 4. The minimum absolute atomic E-state index is 0.0498. The molecule has 1 atom stereocenters. The highest BCUT2D eigenvalue weighted by molar-refractivity contribution is 5.95. The average molecular weight is 454 g/mol. The van der Waals surface area contributed by atoms with E-state index < -0.39 is 0 Å². The van der Waals surface area contributed by atoms with Crippen molar-refractivity contribution < 1.29 is 9.53 Å². The van der Waals surface area contributed by atoms with Gasteiger partial charge < -0.3 is 10.1 Å². The van der Waals surface area contributed by atoms with Gasteiger partial charge in [-0.2, -0.15) is 9.78 Å². The van der Waals surface area contributed by atoms with Crippen LogP contribution in [0.5, 0.6) is 5.75 Å². The van der Waals surface area contributed by atoms with E-state index in [1.165, 1.54) is 5.56 Å². The number of aryl methyl sites for hydroxylation is 3. The Labute approximate surface area is 198 Å². The second kappa shape index (κ2) is 9.09. The highest BCUT2D eigenvalue weighted by Gasteiger charge is 2.33. The molecular weight excluding hydrogens is 426 g/mol. The number of carbonyl (C=O) groups excluding carboxylic acids is 1. The molecule has 4 aromatic rings. The van der Waals surface area contributed by atoms with Gasteiger partial charge in [0.1, 0.15) is 11.6 Å². The van der Waals surface area contributed by atoms with Crippen LogP contribution >= 0.6 is 0 Å². The van der Waals surface area contributed by atoms with Crippen LogP contribution < -0.4 is 10.1 Å². The Balaban J connectivity index is 1.39. The normalized spacial score (nSPS) is 15.0. The standard InChI is InChI=1S/C27H27N5O2/c1-17-15-18(2)29-27(28-17)32-26-25(19(3)31-32)23(16-24(33)30-26)21-9-11-22(12-10-21)34-14-13-20-7-5-4-6-8-20/h4-12,15,23H,13-14,16H2,1-3H3,(H,30,33)/t23-/m0/s1. The SMILES string of the molecule is Cc1cc(C)nc(-n2nc(C)c3c2NC(=O)C[C@H]3c2ccc(OCCc3ccccc3)cc2)n1. The molecule has 1 amide bonds. The zero-order chi connectivity index (χ0) is 23.7. The van der Waals surface area contributed by atoms with Crippen LogP contribution in [-0.2, 0) is 11.2 Å². The molecule has 0 bridgehead atoms. The molecular formula is C27H27N5O2. The second-order valence-electron chi connectivity index (χ2n) is 8.67. The first-order valence-corrected chi connectivity index (χ1v) is 11.5. The van der Waals surface area contributed by atoms with Gasteiger partial charge >= 0.3 is 0 Å². The third-order valence-electron chi connectivity index (χ3n) is 6.05. The topological polar surface area (TPSA) is 81.9 Å². The van der Waals surface area contributed by atoms with Crippen LogP contribution in [0.3, 0.4) is 0 Å². The van der Waals surface area contributed by atoms with Crippen molar-refractivity contribution in [3.05, 3.63) is 94.4 Å². The lowest BCUT2D eigenvalue weighted by Crippen LogP contribution is -2.25. The molecule has 5 rings (SSSR count). The van der Waals surface area contributed by atoms with Crippen molar-refractivity contribution in [2.75, 3.05) is 11.9 Å². The van der Waals surface area contributed by atoms with Crippen molar-refractivity contribution >= 4 is 11.7 Å². The fraction of sp³-hybridized carbons (Fsp3) is 0.259. The van der Waals surface area contributed by atoms with Crippen molar-refractivity contribution in [1.29, 1.82) is 0 Å². The summed E-state index contributed by atoms with van der Waals surface area (Å²) in [7, 11) is 0. The Morgan fingerprint density at radius 3 is 2.41 bits per heavy atom. The molecule has 1 aliphatic heterocycles. The van der Waals surface area contributed by atoms with Crippen LogP contribution in [0.15, 0.2) is 60.7 Å². The largest absolute Gasteiger partial charge is 0.493 e. The molecule has 3 heterocycles. The summed E-state index contributed by atoms with van der Waals surface area (Å²) in [4.78, 5) is 21.7. The first kappa shape index (κ1) is 21.8. The highest BCUT2D eigenvalue weighted by Crippen LogP contribution is 2.40. The van der Waals surface area contributed by atoms with Crippen molar-refractivity contribution in [2.45, 2.75) is 39.5 Å². The molecule has 1 N–H and O–H groups in total. The molecule has 7 heteroatoms. The molecule has 2 aromatic heterocycles. The van der Waals surface area contributed by atoms with Gasteiger partial charge in [-0.25, -0.2) is 9.97 Å². The molecule has 34 heavy (non-hydrogen) atoms. The van der Waals surface area contributed by atoms with Crippen molar-refractivity contribution in [2.24, 2.45) is 0 Å². The minimum Gasteiger partial charge on any atom is -0.493 e. The number of anilines is 1. The van der Waals surface area contributed by atoms with Gasteiger partial charge in [-0.3, -0.25) is 4.79 Å². The summed E-state index contributed by atoms with van der Waals surface area (Å²) < 4.78 is 7.59. The maximum absolute atomic E-state index is 12.7.